The van der Waals surface area contributed by atoms with E-state index < -0.39 is 11.7 Å². The van der Waals surface area contributed by atoms with Crippen molar-refractivity contribution in [3.63, 3.8) is 0 Å². The Kier molecular flexibility index (Phi) is 5.01. The molecule has 1 heterocycles. The van der Waals surface area contributed by atoms with Crippen LogP contribution in [-0.4, -0.2) is 43.8 Å². The van der Waals surface area contributed by atoms with Crippen molar-refractivity contribution >= 4 is 12.3 Å². The predicted molar refractivity (Wildman–Crippen MR) is 91.7 cm³/mol. The summed E-state index contributed by atoms with van der Waals surface area (Å²) in [4.78, 5) is 15.9. The lowest BCUT2D eigenvalue weighted by Gasteiger charge is -2.28. The van der Waals surface area contributed by atoms with Gasteiger partial charge in [0, 0.05) is 18.1 Å². The van der Waals surface area contributed by atoms with Crippen LogP contribution >= 0.6 is 0 Å². The summed E-state index contributed by atoms with van der Waals surface area (Å²) in [6.45, 7) is 7.73. The van der Waals surface area contributed by atoms with Crippen LogP contribution in [0.3, 0.4) is 0 Å². The second-order valence-electron chi connectivity index (χ2n) is 7.46. The Hall–Kier alpha value is -1.72. The molecule has 1 aliphatic heterocycles. The molecule has 2 atom stereocenters. The number of aliphatic imine (C=N–C) groups is 1. The summed E-state index contributed by atoms with van der Waals surface area (Å²) < 4.78 is 16.6. The molecule has 0 aromatic heterocycles. The number of benzene rings is 1. The van der Waals surface area contributed by atoms with E-state index in [1.807, 2.05) is 32.9 Å². The van der Waals surface area contributed by atoms with Crippen molar-refractivity contribution in [3.8, 4) is 0 Å². The van der Waals surface area contributed by atoms with Crippen LogP contribution in [0.2, 0.25) is 0 Å². The van der Waals surface area contributed by atoms with Gasteiger partial charge in [-0.25, -0.2) is 4.79 Å². The second kappa shape index (κ2) is 7.03. The average molecular weight is 331 g/mol. The summed E-state index contributed by atoms with van der Waals surface area (Å²) in [6.07, 6.45) is 1.98. The fraction of sp³-hybridized carbons (Fsp3) is 0.579. The fourth-order valence-corrected chi connectivity index (χ4v) is 3.00. The van der Waals surface area contributed by atoms with Gasteiger partial charge in [-0.05, 0) is 38.3 Å². The van der Waals surface area contributed by atoms with E-state index >= 15 is 0 Å². The molecule has 1 saturated heterocycles. The molecule has 2 aliphatic rings. The lowest BCUT2D eigenvalue weighted by Crippen LogP contribution is -2.34. The van der Waals surface area contributed by atoms with Crippen molar-refractivity contribution in [1.82, 2.24) is 0 Å². The third-order valence-electron chi connectivity index (χ3n) is 4.22. The fourth-order valence-electron chi connectivity index (χ4n) is 3.00. The van der Waals surface area contributed by atoms with Gasteiger partial charge >= 0.3 is 6.09 Å². The molecule has 1 fully saturated rings. The van der Waals surface area contributed by atoms with Crippen molar-refractivity contribution in [2.24, 2.45) is 10.9 Å². The highest BCUT2D eigenvalue weighted by Gasteiger charge is 2.33. The minimum atomic E-state index is -0.557. The average Bonchev–Trinajstić information content (AvgIpc) is 2.79. The molecule has 1 unspecified atom stereocenters. The Morgan fingerprint density at radius 3 is 2.75 bits per heavy atom. The van der Waals surface area contributed by atoms with Crippen LogP contribution in [-0.2, 0) is 20.6 Å². The summed E-state index contributed by atoms with van der Waals surface area (Å²) in [7, 11) is 0. The van der Waals surface area contributed by atoms with Crippen LogP contribution in [0.25, 0.3) is 0 Å². The van der Waals surface area contributed by atoms with Gasteiger partial charge in [0.15, 0.2) is 0 Å². The number of nitrogens with zero attached hydrogens (tertiary/aromatic N) is 1. The smallest absolute Gasteiger partial charge is 0.433 e. The maximum Gasteiger partial charge on any atom is 0.433 e. The summed E-state index contributed by atoms with van der Waals surface area (Å²) in [6, 6.07) is 8.23. The number of ether oxygens (including phenoxy) is 3. The zero-order chi connectivity index (χ0) is 17.2. The van der Waals surface area contributed by atoms with Crippen LogP contribution in [0.1, 0.15) is 37.8 Å². The van der Waals surface area contributed by atoms with Crippen LogP contribution in [0.4, 0.5) is 4.79 Å². The highest BCUT2D eigenvalue weighted by molar-refractivity contribution is 5.84. The lowest BCUT2D eigenvalue weighted by molar-refractivity contribution is -0.0864. The van der Waals surface area contributed by atoms with Crippen LogP contribution in [0.5, 0.6) is 0 Å². The Labute approximate surface area is 143 Å². The number of hydrogen-bond donors (Lipinski definition) is 0. The Morgan fingerprint density at radius 2 is 2.08 bits per heavy atom. The molecule has 0 saturated carbocycles. The molecule has 24 heavy (non-hydrogen) atoms. The van der Waals surface area contributed by atoms with Gasteiger partial charge in [0.1, 0.15) is 5.60 Å². The normalized spacial score (nSPS) is 24.0. The SMILES string of the molecule is CC(C)(C)OC(=O)N=CC1c2ccccc2C[C@@H]1OCC1COC1. The minimum Gasteiger partial charge on any atom is -0.442 e. The molecular weight excluding hydrogens is 306 g/mol. The van der Waals surface area contributed by atoms with Crippen LogP contribution < -0.4 is 0 Å². The van der Waals surface area contributed by atoms with E-state index in [4.69, 9.17) is 14.2 Å². The van der Waals surface area contributed by atoms with E-state index in [2.05, 4.69) is 17.1 Å². The summed E-state index contributed by atoms with van der Waals surface area (Å²) >= 11 is 0. The van der Waals surface area contributed by atoms with E-state index in [1.165, 1.54) is 11.1 Å². The molecule has 1 amide bonds. The molecule has 0 radical (unpaired) electrons. The molecule has 1 aromatic carbocycles. The third-order valence-corrected chi connectivity index (χ3v) is 4.22. The molecule has 0 bridgehead atoms. The first kappa shape index (κ1) is 17.1. The van der Waals surface area contributed by atoms with Gasteiger partial charge in [-0.2, -0.15) is 4.99 Å². The molecule has 0 spiro atoms. The first-order valence-corrected chi connectivity index (χ1v) is 8.47. The number of hydrogen-bond acceptors (Lipinski definition) is 4. The van der Waals surface area contributed by atoms with E-state index in [9.17, 15) is 4.79 Å². The monoisotopic (exact) mass is 331 g/mol. The van der Waals surface area contributed by atoms with Gasteiger partial charge in [0.05, 0.1) is 25.9 Å². The van der Waals surface area contributed by atoms with Gasteiger partial charge in [-0.15, -0.1) is 0 Å². The Balaban J connectivity index is 1.69. The maximum absolute atomic E-state index is 11.9. The number of amides is 1. The van der Waals surface area contributed by atoms with E-state index in [0.717, 1.165) is 19.6 Å². The Bertz CT molecular complexity index is 616. The zero-order valence-corrected chi connectivity index (χ0v) is 14.5. The maximum atomic E-state index is 11.9. The number of carbonyl (C=O) groups is 1. The van der Waals surface area contributed by atoms with Crippen LogP contribution in [0.15, 0.2) is 29.3 Å². The first-order valence-electron chi connectivity index (χ1n) is 8.47. The largest absolute Gasteiger partial charge is 0.442 e. The standard InChI is InChI=1S/C19H25NO4/c1-19(2,3)24-18(21)20-9-16-15-7-5-4-6-14(15)8-17(16)23-12-13-10-22-11-13/h4-7,9,13,16-17H,8,10-12H2,1-3H3/t16?,17-/m0/s1. The second-order valence-corrected chi connectivity index (χ2v) is 7.46. The predicted octanol–water partition coefficient (Wildman–Crippen LogP) is 3.36. The van der Waals surface area contributed by atoms with Crippen molar-refractivity contribution in [2.45, 2.75) is 44.8 Å². The summed E-state index contributed by atoms with van der Waals surface area (Å²) in [5.41, 5.74) is 1.90. The quantitative estimate of drug-likeness (QED) is 0.794. The summed E-state index contributed by atoms with van der Waals surface area (Å²) in [5.74, 6) is 0.465. The molecular formula is C19H25NO4. The number of rotatable bonds is 4. The van der Waals surface area contributed by atoms with E-state index in [-0.39, 0.29) is 12.0 Å². The van der Waals surface area contributed by atoms with Gasteiger partial charge < -0.3 is 14.2 Å². The third kappa shape index (κ3) is 4.22. The van der Waals surface area contributed by atoms with Crippen molar-refractivity contribution in [3.05, 3.63) is 35.4 Å². The minimum absolute atomic E-state index is 0.00851. The van der Waals surface area contributed by atoms with Gasteiger partial charge in [-0.1, -0.05) is 24.3 Å². The van der Waals surface area contributed by atoms with Crippen molar-refractivity contribution < 1.29 is 19.0 Å². The van der Waals surface area contributed by atoms with E-state index in [0.29, 0.717) is 12.5 Å². The molecule has 5 nitrogen and oxygen atoms in total. The van der Waals surface area contributed by atoms with Crippen LogP contribution in [0, 0.1) is 5.92 Å². The van der Waals surface area contributed by atoms with Gasteiger partial charge in [-0.3, -0.25) is 0 Å². The molecule has 3 rings (SSSR count). The van der Waals surface area contributed by atoms with Gasteiger partial charge in [0.2, 0.25) is 0 Å². The highest BCUT2D eigenvalue weighted by Crippen LogP contribution is 2.34. The zero-order valence-electron chi connectivity index (χ0n) is 14.5. The summed E-state index contributed by atoms with van der Waals surface area (Å²) in [5, 5.41) is 0. The topological polar surface area (TPSA) is 57.1 Å². The first-order chi connectivity index (χ1) is 11.4. The lowest BCUT2D eigenvalue weighted by atomic mass is 10.0. The van der Waals surface area contributed by atoms with Gasteiger partial charge in [0.25, 0.3) is 0 Å². The van der Waals surface area contributed by atoms with Crippen molar-refractivity contribution in [2.75, 3.05) is 19.8 Å². The van der Waals surface area contributed by atoms with E-state index in [1.54, 1.807) is 6.21 Å². The number of carbonyl (C=O) groups excluding carboxylic acids is 1. The van der Waals surface area contributed by atoms with Crippen molar-refractivity contribution in [1.29, 1.82) is 0 Å². The molecule has 5 heteroatoms. The molecule has 1 aromatic rings. The molecule has 1 aliphatic carbocycles. The molecule has 130 valence electrons. The Morgan fingerprint density at radius 1 is 1.33 bits per heavy atom. The number of fused-ring (bicyclic) bond motifs is 1. The highest BCUT2D eigenvalue weighted by atomic mass is 16.6. The molecule has 0 N–H and O–H groups in total.